The number of aromatic nitrogens is 1. The van der Waals surface area contributed by atoms with E-state index in [9.17, 15) is 15.1 Å². The second-order valence-electron chi connectivity index (χ2n) is 5.56. The summed E-state index contributed by atoms with van der Waals surface area (Å²) in [6.45, 7) is 2.90. The molecule has 1 amide bonds. The summed E-state index contributed by atoms with van der Waals surface area (Å²) in [4.78, 5) is 13.6. The van der Waals surface area contributed by atoms with Gasteiger partial charge in [-0.15, -0.1) is 0 Å². The van der Waals surface area contributed by atoms with Crippen molar-refractivity contribution < 1.29 is 19.4 Å². The van der Waals surface area contributed by atoms with Crippen molar-refractivity contribution in [2.75, 3.05) is 19.7 Å². The Kier molecular flexibility index (Phi) is 4.34. The lowest BCUT2D eigenvalue weighted by atomic mass is 9.97. The molecule has 1 N–H and O–H groups in total. The molecule has 0 radical (unpaired) electrons. The Bertz CT molecular complexity index is 745. The monoisotopic (exact) mass is 316 g/mol. The maximum Gasteiger partial charge on any atom is 0.409 e. The van der Waals surface area contributed by atoms with Gasteiger partial charge in [0.15, 0.2) is 5.69 Å². The van der Waals surface area contributed by atoms with Crippen molar-refractivity contribution in [1.29, 1.82) is 0 Å². The van der Waals surface area contributed by atoms with Crippen molar-refractivity contribution in [3.8, 4) is 0 Å². The normalized spacial score (nSPS) is 14.4. The Morgan fingerprint density at radius 3 is 2.83 bits per heavy atom. The summed E-state index contributed by atoms with van der Waals surface area (Å²) in [6, 6.07) is 7.28. The van der Waals surface area contributed by atoms with E-state index in [0.717, 1.165) is 21.2 Å². The molecule has 0 saturated heterocycles. The van der Waals surface area contributed by atoms with E-state index in [1.807, 2.05) is 18.2 Å². The van der Waals surface area contributed by atoms with Gasteiger partial charge >= 0.3 is 6.09 Å². The van der Waals surface area contributed by atoms with Crippen LogP contribution in [0.1, 0.15) is 23.7 Å². The molecule has 1 aromatic carbocycles. The van der Waals surface area contributed by atoms with Crippen LogP contribution in [-0.2, 0) is 24.2 Å². The molecule has 1 aromatic heterocycles. The zero-order valence-electron chi connectivity index (χ0n) is 13.1. The van der Waals surface area contributed by atoms with Gasteiger partial charge in [0.25, 0.3) is 0 Å². The maximum atomic E-state index is 12.7. The molecule has 23 heavy (non-hydrogen) atoms. The van der Waals surface area contributed by atoms with Crippen LogP contribution in [0.5, 0.6) is 0 Å². The molecule has 2 heterocycles. The third kappa shape index (κ3) is 2.70. The number of para-hydroxylation sites is 1. The second-order valence-corrected chi connectivity index (χ2v) is 5.56. The summed E-state index contributed by atoms with van der Waals surface area (Å²) < 4.78 is 6.00. The molecular formula is C17H20N2O4. The van der Waals surface area contributed by atoms with Gasteiger partial charge in [0.2, 0.25) is 5.52 Å². The van der Waals surface area contributed by atoms with Crippen LogP contribution in [0.15, 0.2) is 24.3 Å². The van der Waals surface area contributed by atoms with Crippen LogP contribution in [0.3, 0.4) is 0 Å². The first-order chi connectivity index (χ1) is 11.2. The lowest BCUT2D eigenvalue weighted by molar-refractivity contribution is -0.586. The first-order valence-corrected chi connectivity index (χ1v) is 7.84. The van der Waals surface area contributed by atoms with Gasteiger partial charge in [-0.05, 0) is 19.4 Å². The summed E-state index contributed by atoms with van der Waals surface area (Å²) >= 11 is 0. The number of aliphatic hydroxyl groups is 1. The lowest BCUT2D eigenvalue weighted by Gasteiger charge is -2.18. The SMILES string of the molecule is CCOC(=O)N1CCc2c(CO)c3ccccc3[n+]([O-])c2CC1. The van der Waals surface area contributed by atoms with E-state index in [4.69, 9.17) is 4.74 Å². The van der Waals surface area contributed by atoms with Crippen LogP contribution in [-0.4, -0.2) is 35.8 Å². The fourth-order valence-electron chi connectivity index (χ4n) is 3.24. The zero-order valence-corrected chi connectivity index (χ0v) is 13.1. The van der Waals surface area contributed by atoms with Crippen molar-refractivity contribution in [2.24, 2.45) is 0 Å². The van der Waals surface area contributed by atoms with E-state index in [2.05, 4.69) is 0 Å². The molecular weight excluding hydrogens is 296 g/mol. The van der Waals surface area contributed by atoms with Gasteiger partial charge in [-0.2, -0.15) is 4.73 Å². The molecule has 6 nitrogen and oxygen atoms in total. The van der Waals surface area contributed by atoms with Crippen LogP contribution >= 0.6 is 0 Å². The number of ether oxygens (including phenoxy) is 1. The van der Waals surface area contributed by atoms with Gasteiger partial charge in [0, 0.05) is 30.3 Å². The highest BCUT2D eigenvalue weighted by atomic mass is 16.6. The molecule has 1 aliphatic heterocycles. The number of rotatable bonds is 2. The molecule has 0 saturated carbocycles. The van der Waals surface area contributed by atoms with E-state index >= 15 is 0 Å². The lowest BCUT2D eigenvalue weighted by Crippen LogP contribution is -2.37. The minimum Gasteiger partial charge on any atom is -0.618 e. The molecule has 122 valence electrons. The van der Waals surface area contributed by atoms with E-state index in [1.54, 1.807) is 17.9 Å². The van der Waals surface area contributed by atoms with Crippen LogP contribution < -0.4 is 4.73 Å². The largest absolute Gasteiger partial charge is 0.618 e. The first kappa shape index (κ1) is 15.6. The van der Waals surface area contributed by atoms with Crippen molar-refractivity contribution in [1.82, 2.24) is 4.90 Å². The molecule has 1 aliphatic rings. The molecule has 0 unspecified atom stereocenters. The Balaban J connectivity index is 2.05. The Labute approximate surface area is 134 Å². The number of nitrogens with zero attached hydrogens (tertiary/aromatic N) is 2. The molecule has 0 bridgehead atoms. The van der Waals surface area contributed by atoms with Crippen molar-refractivity contribution in [2.45, 2.75) is 26.4 Å². The summed E-state index contributed by atoms with van der Waals surface area (Å²) in [5, 5.41) is 23.3. The summed E-state index contributed by atoms with van der Waals surface area (Å²) in [6.07, 6.45) is 0.639. The zero-order chi connectivity index (χ0) is 16.4. The minimum atomic E-state index is -0.354. The van der Waals surface area contributed by atoms with Crippen LogP contribution in [0.25, 0.3) is 10.9 Å². The summed E-state index contributed by atoms with van der Waals surface area (Å²) in [5.74, 6) is 0. The summed E-state index contributed by atoms with van der Waals surface area (Å²) in [7, 11) is 0. The van der Waals surface area contributed by atoms with Gasteiger partial charge in [-0.1, -0.05) is 12.1 Å². The number of fused-ring (bicyclic) bond motifs is 2. The maximum absolute atomic E-state index is 12.7. The quantitative estimate of drug-likeness (QED) is 0.673. The molecule has 0 fully saturated rings. The molecule has 6 heteroatoms. The smallest absolute Gasteiger partial charge is 0.409 e. The van der Waals surface area contributed by atoms with Crippen LogP contribution in [0.2, 0.25) is 0 Å². The molecule has 3 rings (SSSR count). The van der Waals surface area contributed by atoms with Crippen LogP contribution in [0.4, 0.5) is 4.79 Å². The van der Waals surface area contributed by atoms with Crippen molar-refractivity contribution in [3.05, 3.63) is 46.3 Å². The fourth-order valence-corrected chi connectivity index (χ4v) is 3.24. The molecule has 2 aromatic rings. The van der Waals surface area contributed by atoms with E-state index < -0.39 is 0 Å². The highest BCUT2D eigenvalue weighted by Crippen LogP contribution is 2.25. The van der Waals surface area contributed by atoms with E-state index in [-0.39, 0.29) is 12.7 Å². The van der Waals surface area contributed by atoms with Crippen molar-refractivity contribution in [3.63, 3.8) is 0 Å². The fraction of sp³-hybridized carbons (Fsp3) is 0.412. The van der Waals surface area contributed by atoms with Crippen molar-refractivity contribution >= 4 is 17.0 Å². The third-order valence-corrected chi connectivity index (χ3v) is 4.34. The highest BCUT2D eigenvalue weighted by molar-refractivity contribution is 5.81. The topological polar surface area (TPSA) is 76.7 Å². The van der Waals surface area contributed by atoms with E-state index in [0.29, 0.717) is 43.7 Å². The first-order valence-electron chi connectivity index (χ1n) is 7.84. The van der Waals surface area contributed by atoms with Gasteiger partial charge in [0.05, 0.1) is 25.0 Å². The number of carbonyl (C=O) groups is 1. The number of amides is 1. The third-order valence-electron chi connectivity index (χ3n) is 4.34. The minimum absolute atomic E-state index is 0.122. The average molecular weight is 316 g/mol. The predicted molar refractivity (Wildman–Crippen MR) is 84.8 cm³/mol. The number of pyridine rings is 1. The summed E-state index contributed by atoms with van der Waals surface area (Å²) in [5.41, 5.74) is 2.83. The number of benzene rings is 1. The van der Waals surface area contributed by atoms with Gasteiger partial charge in [-0.25, -0.2) is 4.79 Å². The van der Waals surface area contributed by atoms with E-state index in [1.165, 1.54) is 0 Å². The molecule has 0 spiro atoms. The van der Waals surface area contributed by atoms with Gasteiger partial charge in [-0.3, -0.25) is 0 Å². The molecule has 0 aliphatic carbocycles. The predicted octanol–water partition coefficient (Wildman–Crippen LogP) is 1.52. The standard InChI is InChI=1S/C17H20N2O4/c1-2-23-17(21)18-9-7-13-14(11-20)12-5-3-4-6-15(12)19(22)16(13)8-10-18/h3-6,20H,2,7-11H2,1H3. The van der Waals surface area contributed by atoms with Gasteiger partial charge in [0.1, 0.15) is 0 Å². The number of hydrogen-bond donors (Lipinski definition) is 1. The number of aliphatic hydroxyl groups excluding tert-OH is 1. The average Bonchev–Trinajstić information content (AvgIpc) is 2.79. The van der Waals surface area contributed by atoms with Crippen LogP contribution in [0, 0.1) is 5.21 Å². The van der Waals surface area contributed by atoms with Gasteiger partial charge < -0.3 is 20.0 Å². The number of hydrogen-bond acceptors (Lipinski definition) is 4. The second kappa shape index (κ2) is 6.42. The number of carbonyl (C=O) groups excluding carboxylic acids is 1. The Morgan fingerprint density at radius 2 is 2.09 bits per heavy atom. The molecule has 0 atom stereocenters. The Hall–Kier alpha value is -2.34. The highest BCUT2D eigenvalue weighted by Gasteiger charge is 2.28. The Morgan fingerprint density at radius 1 is 1.35 bits per heavy atom.